The summed E-state index contributed by atoms with van der Waals surface area (Å²) in [5.74, 6) is -0.168. The number of aryl methyl sites for hydroxylation is 1. The molecule has 1 heterocycles. The Morgan fingerprint density at radius 1 is 1.24 bits per heavy atom. The predicted octanol–water partition coefficient (Wildman–Crippen LogP) is 1.89. The lowest BCUT2D eigenvalue weighted by atomic mass is 10.2. The minimum absolute atomic E-state index is 0.0798. The topological polar surface area (TPSA) is 57.7 Å². The molecule has 0 aromatic heterocycles. The summed E-state index contributed by atoms with van der Waals surface area (Å²) in [6.45, 7) is 6.24. The van der Waals surface area contributed by atoms with Crippen LogP contribution >= 0.6 is 11.6 Å². The molecule has 1 amide bonds. The molecule has 5 nitrogen and oxygen atoms in total. The summed E-state index contributed by atoms with van der Waals surface area (Å²) < 4.78 is 26.4. The van der Waals surface area contributed by atoms with Crippen LogP contribution in [0.15, 0.2) is 23.1 Å². The number of piperazine rings is 1. The van der Waals surface area contributed by atoms with Crippen molar-refractivity contribution in [3.05, 3.63) is 28.8 Å². The van der Waals surface area contributed by atoms with Gasteiger partial charge in [-0.15, -0.1) is 0 Å². The lowest BCUT2D eigenvalue weighted by Crippen LogP contribution is -2.54. The van der Waals surface area contributed by atoms with Gasteiger partial charge in [-0.1, -0.05) is 17.7 Å². The second kappa shape index (κ2) is 5.94. The van der Waals surface area contributed by atoms with Crippen LogP contribution in [-0.4, -0.2) is 49.2 Å². The van der Waals surface area contributed by atoms with Crippen LogP contribution in [0, 0.1) is 6.92 Å². The Kier molecular flexibility index (Phi) is 4.60. The number of hydrogen-bond donors (Lipinski definition) is 0. The van der Waals surface area contributed by atoms with Gasteiger partial charge >= 0.3 is 0 Å². The lowest BCUT2D eigenvalue weighted by molar-refractivity contribution is -0.135. The molecule has 0 N–H and O–H groups in total. The van der Waals surface area contributed by atoms with Crippen molar-refractivity contribution in [3.63, 3.8) is 0 Å². The van der Waals surface area contributed by atoms with E-state index < -0.39 is 10.0 Å². The molecule has 116 valence electrons. The van der Waals surface area contributed by atoms with Crippen molar-refractivity contribution in [2.24, 2.45) is 0 Å². The SMILES string of the molecule is Cc1ccc(S(=O)(=O)N2CCN(C(C)C)C(=O)C2)cc1Cl. The first kappa shape index (κ1) is 16.3. The van der Waals surface area contributed by atoms with Gasteiger partial charge < -0.3 is 4.90 Å². The number of sulfonamides is 1. The Morgan fingerprint density at radius 3 is 2.43 bits per heavy atom. The van der Waals surface area contributed by atoms with Crippen LogP contribution in [0.2, 0.25) is 5.02 Å². The molecule has 1 aromatic rings. The molecule has 1 aromatic carbocycles. The fourth-order valence-corrected chi connectivity index (χ4v) is 3.95. The van der Waals surface area contributed by atoms with Gasteiger partial charge in [0.25, 0.3) is 0 Å². The second-order valence-corrected chi connectivity index (χ2v) is 7.78. The number of nitrogens with zero attached hydrogens (tertiary/aromatic N) is 2. The van der Waals surface area contributed by atoms with E-state index in [0.717, 1.165) is 5.56 Å². The molecule has 0 saturated carbocycles. The average Bonchev–Trinajstić information content (AvgIpc) is 2.41. The highest BCUT2D eigenvalue weighted by Crippen LogP contribution is 2.24. The standard InChI is InChI=1S/C14H19ClN2O3S/c1-10(2)17-7-6-16(9-14(17)18)21(19,20)12-5-4-11(3)13(15)8-12/h4-5,8,10H,6-7,9H2,1-3H3. The highest BCUT2D eigenvalue weighted by atomic mass is 35.5. The van der Waals surface area contributed by atoms with Gasteiger partial charge in [-0.2, -0.15) is 4.31 Å². The molecule has 0 unspecified atom stereocenters. The van der Waals surface area contributed by atoms with Crippen molar-refractivity contribution < 1.29 is 13.2 Å². The van der Waals surface area contributed by atoms with Gasteiger partial charge in [0.1, 0.15) is 0 Å². The minimum atomic E-state index is -3.68. The summed E-state index contributed by atoms with van der Waals surface area (Å²) in [5, 5.41) is 0.406. The Hall–Kier alpha value is -1.11. The molecule has 0 atom stereocenters. The number of rotatable bonds is 3. The van der Waals surface area contributed by atoms with Crippen molar-refractivity contribution in [3.8, 4) is 0 Å². The van der Waals surface area contributed by atoms with Crippen molar-refractivity contribution >= 4 is 27.5 Å². The van der Waals surface area contributed by atoms with E-state index in [0.29, 0.717) is 18.1 Å². The van der Waals surface area contributed by atoms with Crippen molar-refractivity contribution in [1.29, 1.82) is 0 Å². The lowest BCUT2D eigenvalue weighted by Gasteiger charge is -2.36. The Balaban J connectivity index is 2.25. The maximum Gasteiger partial charge on any atom is 0.243 e. The van der Waals surface area contributed by atoms with Gasteiger partial charge in [0.2, 0.25) is 15.9 Å². The third-order valence-electron chi connectivity index (χ3n) is 3.63. The van der Waals surface area contributed by atoms with E-state index in [4.69, 9.17) is 11.6 Å². The quantitative estimate of drug-likeness (QED) is 0.850. The van der Waals surface area contributed by atoms with Crippen molar-refractivity contribution in [2.75, 3.05) is 19.6 Å². The number of halogens is 1. The van der Waals surface area contributed by atoms with E-state index >= 15 is 0 Å². The van der Waals surface area contributed by atoms with Crippen LogP contribution < -0.4 is 0 Å². The van der Waals surface area contributed by atoms with E-state index in [9.17, 15) is 13.2 Å². The maximum atomic E-state index is 12.6. The summed E-state index contributed by atoms with van der Waals surface area (Å²) in [4.78, 5) is 13.9. The Labute approximate surface area is 130 Å². The van der Waals surface area contributed by atoms with E-state index in [1.54, 1.807) is 11.0 Å². The Bertz CT molecular complexity index is 658. The monoisotopic (exact) mass is 330 g/mol. The van der Waals surface area contributed by atoms with Crippen LogP contribution in [0.25, 0.3) is 0 Å². The van der Waals surface area contributed by atoms with Crippen molar-refractivity contribution in [2.45, 2.75) is 31.7 Å². The summed E-state index contributed by atoms with van der Waals surface area (Å²) in [6.07, 6.45) is 0. The largest absolute Gasteiger partial charge is 0.338 e. The summed E-state index contributed by atoms with van der Waals surface area (Å²) in [7, 11) is -3.68. The molecule has 0 bridgehead atoms. The van der Waals surface area contributed by atoms with Gasteiger partial charge in [-0.05, 0) is 38.5 Å². The highest BCUT2D eigenvalue weighted by molar-refractivity contribution is 7.89. The van der Waals surface area contributed by atoms with Crippen LogP contribution in [0.4, 0.5) is 0 Å². The highest BCUT2D eigenvalue weighted by Gasteiger charge is 2.33. The molecule has 1 saturated heterocycles. The third-order valence-corrected chi connectivity index (χ3v) is 5.88. The van der Waals surface area contributed by atoms with Gasteiger partial charge in [-0.25, -0.2) is 8.42 Å². The predicted molar refractivity (Wildman–Crippen MR) is 81.8 cm³/mol. The zero-order valence-corrected chi connectivity index (χ0v) is 13.9. The molecule has 0 aliphatic carbocycles. The normalized spacial score (nSPS) is 17.6. The molecule has 1 aliphatic heterocycles. The van der Waals surface area contributed by atoms with Crippen LogP contribution in [0.3, 0.4) is 0 Å². The molecule has 1 aliphatic rings. The van der Waals surface area contributed by atoms with Crippen LogP contribution in [0.5, 0.6) is 0 Å². The zero-order chi connectivity index (χ0) is 15.8. The fraction of sp³-hybridized carbons (Fsp3) is 0.500. The van der Waals surface area contributed by atoms with Gasteiger partial charge in [-0.3, -0.25) is 4.79 Å². The summed E-state index contributed by atoms with van der Waals surface area (Å²) >= 11 is 5.99. The van der Waals surface area contributed by atoms with E-state index in [2.05, 4.69) is 0 Å². The molecule has 0 radical (unpaired) electrons. The number of amides is 1. The molecule has 7 heteroatoms. The molecule has 21 heavy (non-hydrogen) atoms. The zero-order valence-electron chi connectivity index (χ0n) is 12.3. The average molecular weight is 331 g/mol. The molecular weight excluding hydrogens is 312 g/mol. The van der Waals surface area contributed by atoms with E-state index in [1.165, 1.54) is 16.4 Å². The van der Waals surface area contributed by atoms with E-state index in [1.807, 2.05) is 20.8 Å². The fourth-order valence-electron chi connectivity index (χ4n) is 2.30. The maximum absolute atomic E-state index is 12.6. The number of benzene rings is 1. The van der Waals surface area contributed by atoms with Gasteiger partial charge in [0, 0.05) is 24.2 Å². The number of carbonyl (C=O) groups is 1. The molecule has 0 spiro atoms. The first-order valence-electron chi connectivity index (χ1n) is 6.79. The van der Waals surface area contributed by atoms with Crippen LogP contribution in [0.1, 0.15) is 19.4 Å². The van der Waals surface area contributed by atoms with Crippen LogP contribution in [-0.2, 0) is 14.8 Å². The minimum Gasteiger partial charge on any atom is -0.338 e. The molecule has 2 rings (SSSR count). The third kappa shape index (κ3) is 3.22. The van der Waals surface area contributed by atoms with E-state index in [-0.39, 0.29) is 23.4 Å². The number of hydrogen-bond acceptors (Lipinski definition) is 3. The second-order valence-electron chi connectivity index (χ2n) is 5.43. The first-order valence-corrected chi connectivity index (χ1v) is 8.61. The molecular formula is C14H19ClN2O3S. The summed E-state index contributed by atoms with van der Waals surface area (Å²) in [5.41, 5.74) is 0.816. The van der Waals surface area contributed by atoms with Gasteiger partial charge in [0.15, 0.2) is 0 Å². The molecule has 1 fully saturated rings. The summed E-state index contributed by atoms with van der Waals surface area (Å²) in [6, 6.07) is 4.71. The van der Waals surface area contributed by atoms with Gasteiger partial charge in [0.05, 0.1) is 11.4 Å². The Morgan fingerprint density at radius 2 is 1.90 bits per heavy atom. The smallest absolute Gasteiger partial charge is 0.243 e. The first-order chi connectivity index (χ1) is 9.73. The number of carbonyl (C=O) groups excluding carboxylic acids is 1. The van der Waals surface area contributed by atoms with Crippen molar-refractivity contribution in [1.82, 2.24) is 9.21 Å².